The standard InChI is InChI=1S/C21H30N4O3/c1-3-15(4-2)19(25-9-11-28-12-10-25)14-22-20(26)13-18-16-7-5-6-8-17(16)21(27)24-23-18/h5-8,15,19H,3-4,9-14H2,1-2H3,(H,22,26)(H,24,27)/t19-/m1/s1. The number of hydrogen-bond donors (Lipinski definition) is 2. The van der Waals surface area contributed by atoms with Gasteiger partial charge in [-0.2, -0.15) is 5.10 Å². The number of nitrogens with one attached hydrogen (secondary N) is 2. The molecule has 7 nitrogen and oxygen atoms in total. The zero-order chi connectivity index (χ0) is 19.9. The molecule has 2 N–H and O–H groups in total. The number of nitrogens with zero attached hydrogens (tertiary/aromatic N) is 2. The Morgan fingerprint density at radius 1 is 1.21 bits per heavy atom. The lowest BCUT2D eigenvalue weighted by molar-refractivity contribution is -0.121. The fourth-order valence-corrected chi connectivity index (χ4v) is 4.08. The second-order valence-corrected chi connectivity index (χ2v) is 7.32. The second kappa shape index (κ2) is 9.80. The van der Waals surface area contributed by atoms with Crippen LogP contribution in [0.5, 0.6) is 0 Å². The van der Waals surface area contributed by atoms with Crippen LogP contribution in [-0.2, 0) is 16.0 Å². The van der Waals surface area contributed by atoms with Crippen molar-refractivity contribution in [2.75, 3.05) is 32.8 Å². The van der Waals surface area contributed by atoms with E-state index in [4.69, 9.17) is 4.74 Å². The number of rotatable bonds is 8. The van der Waals surface area contributed by atoms with Crippen molar-refractivity contribution in [3.8, 4) is 0 Å². The summed E-state index contributed by atoms with van der Waals surface area (Å²) in [5.74, 6) is 0.458. The Labute approximate surface area is 165 Å². The molecule has 7 heteroatoms. The Bertz CT molecular complexity index is 841. The lowest BCUT2D eigenvalue weighted by Gasteiger charge is -2.38. The fourth-order valence-electron chi connectivity index (χ4n) is 4.08. The van der Waals surface area contributed by atoms with Crippen molar-refractivity contribution in [3.63, 3.8) is 0 Å². The quantitative estimate of drug-likeness (QED) is 0.721. The van der Waals surface area contributed by atoms with Gasteiger partial charge in [0.1, 0.15) is 0 Å². The highest BCUT2D eigenvalue weighted by Gasteiger charge is 2.27. The molecule has 28 heavy (non-hydrogen) atoms. The van der Waals surface area contributed by atoms with Crippen LogP contribution in [-0.4, -0.2) is 59.9 Å². The summed E-state index contributed by atoms with van der Waals surface area (Å²) in [5.41, 5.74) is 0.360. The molecule has 0 unspecified atom stereocenters. The number of fused-ring (bicyclic) bond motifs is 1. The van der Waals surface area contributed by atoms with Crippen molar-refractivity contribution in [2.24, 2.45) is 5.92 Å². The number of morpholine rings is 1. The Morgan fingerprint density at radius 3 is 2.57 bits per heavy atom. The molecule has 0 spiro atoms. The summed E-state index contributed by atoms with van der Waals surface area (Å²) in [4.78, 5) is 27.0. The first-order valence-electron chi connectivity index (χ1n) is 10.2. The molecule has 0 aliphatic carbocycles. The molecule has 0 saturated carbocycles. The summed E-state index contributed by atoms with van der Waals surface area (Å²) in [5, 5.41) is 11.0. The summed E-state index contributed by atoms with van der Waals surface area (Å²) >= 11 is 0. The maximum Gasteiger partial charge on any atom is 0.272 e. The topological polar surface area (TPSA) is 87.3 Å². The van der Waals surface area contributed by atoms with Gasteiger partial charge in [0.2, 0.25) is 5.91 Å². The minimum atomic E-state index is -0.235. The maximum absolute atomic E-state index is 12.6. The molecule has 2 aromatic rings. The molecule has 1 saturated heterocycles. The molecule has 1 aromatic carbocycles. The predicted octanol–water partition coefficient (Wildman–Crippen LogP) is 1.72. The zero-order valence-electron chi connectivity index (χ0n) is 16.7. The van der Waals surface area contributed by atoms with Gasteiger partial charge in [0, 0.05) is 31.1 Å². The van der Waals surface area contributed by atoms with Crippen molar-refractivity contribution in [1.82, 2.24) is 20.4 Å². The first-order valence-corrected chi connectivity index (χ1v) is 10.2. The summed E-state index contributed by atoms with van der Waals surface area (Å²) in [7, 11) is 0. The molecule has 0 radical (unpaired) electrons. The Balaban J connectivity index is 1.68. The van der Waals surface area contributed by atoms with Crippen LogP contribution < -0.4 is 10.9 Å². The van der Waals surface area contributed by atoms with Gasteiger partial charge in [0.25, 0.3) is 5.56 Å². The first kappa shape index (κ1) is 20.5. The van der Waals surface area contributed by atoms with E-state index in [0.29, 0.717) is 29.6 Å². The summed E-state index contributed by atoms with van der Waals surface area (Å²) in [6, 6.07) is 7.55. The van der Waals surface area contributed by atoms with Crippen LogP contribution >= 0.6 is 0 Å². The van der Waals surface area contributed by atoms with E-state index < -0.39 is 0 Å². The number of benzene rings is 1. The number of ether oxygens (including phenoxy) is 1. The Kier molecular flexibility index (Phi) is 7.17. The van der Waals surface area contributed by atoms with Crippen molar-refractivity contribution in [2.45, 2.75) is 39.2 Å². The van der Waals surface area contributed by atoms with Crippen LogP contribution in [0.3, 0.4) is 0 Å². The first-order chi connectivity index (χ1) is 13.6. The third kappa shape index (κ3) is 4.77. The van der Waals surface area contributed by atoms with Gasteiger partial charge < -0.3 is 10.1 Å². The van der Waals surface area contributed by atoms with E-state index in [9.17, 15) is 9.59 Å². The lowest BCUT2D eigenvalue weighted by Crippen LogP contribution is -2.52. The number of carbonyl (C=O) groups is 1. The SMILES string of the molecule is CCC(CC)[C@@H](CNC(=O)Cc1n[nH]c(=O)c2ccccc12)N1CCOCC1. The van der Waals surface area contributed by atoms with Crippen LogP contribution in [0.15, 0.2) is 29.1 Å². The third-order valence-electron chi connectivity index (χ3n) is 5.72. The van der Waals surface area contributed by atoms with Crippen molar-refractivity contribution in [3.05, 3.63) is 40.3 Å². The smallest absolute Gasteiger partial charge is 0.272 e. The molecule has 1 aliphatic heterocycles. The molecule has 152 valence electrons. The number of hydrogen-bond acceptors (Lipinski definition) is 5. The van der Waals surface area contributed by atoms with Gasteiger partial charge in [0.15, 0.2) is 0 Å². The van der Waals surface area contributed by atoms with Crippen molar-refractivity contribution >= 4 is 16.7 Å². The monoisotopic (exact) mass is 386 g/mol. The summed E-state index contributed by atoms with van der Waals surface area (Å²) in [6.07, 6.45) is 2.32. The van der Waals surface area contributed by atoms with Gasteiger partial charge in [-0.05, 0) is 12.0 Å². The number of aromatic amines is 1. The van der Waals surface area contributed by atoms with Gasteiger partial charge in [0.05, 0.1) is 30.7 Å². The molecular weight excluding hydrogens is 356 g/mol. The van der Waals surface area contributed by atoms with E-state index in [1.807, 2.05) is 18.2 Å². The maximum atomic E-state index is 12.6. The molecule has 3 rings (SSSR count). The highest BCUT2D eigenvalue weighted by atomic mass is 16.5. The van der Waals surface area contributed by atoms with Gasteiger partial charge >= 0.3 is 0 Å². The highest BCUT2D eigenvalue weighted by molar-refractivity contribution is 5.88. The van der Waals surface area contributed by atoms with Gasteiger partial charge in [-0.1, -0.05) is 44.9 Å². The fraction of sp³-hybridized carbons (Fsp3) is 0.571. The summed E-state index contributed by atoms with van der Waals surface area (Å²) in [6.45, 7) is 8.34. The number of amides is 1. The van der Waals surface area contributed by atoms with Crippen LogP contribution in [0.1, 0.15) is 32.4 Å². The van der Waals surface area contributed by atoms with E-state index >= 15 is 0 Å². The number of aromatic nitrogens is 2. The average Bonchev–Trinajstić information content (AvgIpc) is 2.74. The predicted molar refractivity (Wildman–Crippen MR) is 109 cm³/mol. The molecule has 1 atom stereocenters. The molecule has 0 bridgehead atoms. The molecule has 1 aliphatic rings. The third-order valence-corrected chi connectivity index (χ3v) is 5.72. The molecule has 1 fully saturated rings. The molecular formula is C21H30N4O3. The average molecular weight is 386 g/mol. The van der Waals surface area contributed by atoms with E-state index in [2.05, 4.69) is 34.3 Å². The second-order valence-electron chi connectivity index (χ2n) is 7.32. The van der Waals surface area contributed by atoms with Gasteiger partial charge in [-0.15, -0.1) is 0 Å². The number of carbonyl (C=O) groups excluding carboxylic acids is 1. The zero-order valence-corrected chi connectivity index (χ0v) is 16.7. The van der Waals surface area contributed by atoms with Crippen LogP contribution in [0.25, 0.3) is 10.8 Å². The molecule has 2 heterocycles. The van der Waals surface area contributed by atoms with E-state index in [-0.39, 0.29) is 17.9 Å². The van der Waals surface area contributed by atoms with E-state index in [0.717, 1.165) is 44.5 Å². The minimum Gasteiger partial charge on any atom is -0.379 e. The minimum absolute atomic E-state index is 0.0751. The Hall–Kier alpha value is -2.25. The van der Waals surface area contributed by atoms with Crippen LogP contribution in [0, 0.1) is 5.92 Å². The highest BCUT2D eigenvalue weighted by Crippen LogP contribution is 2.20. The largest absolute Gasteiger partial charge is 0.379 e. The van der Waals surface area contributed by atoms with Gasteiger partial charge in [-0.25, -0.2) is 5.10 Å². The molecule has 1 amide bonds. The normalized spacial score (nSPS) is 16.4. The van der Waals surface area contributed by atoms with Gasteiger partial charge in [-0.3, -0.25) is 14.5 Å². The summed E-state index contributed by atoms with van der Waals surface area (Å²) < 4.78 is 5.49. The number of H-pyrrole nitrogens is 1. The van der Waals surface area contributed by atoms with E-state index in [1.165, 1.54) is 0 Å². The van der Waals surface area contributed by atoms with Crippen LogP contribution in [0.4, 0.5) is 0 Å². The molecule has 1 aromatic heterocycles. The Morgan fingerprint density at radius 2 is 1.89 bits per heavy atom. The van der Waals surface area contributed by atoms with E-state index in [1.54, 1.807) is 6.07 Å². The van der Waals surface area contributed by atoms with Crippen molar-refractivity contribution in [1.29, 1.82) is 0 Å². The van der Waals surface area contributed by atoms with Crippen molar-refractivity contribution < 1.29 is 9.53 Å². The lowest BCUT2D eigenvalue weighted by atomic mass is 9.92. The van der Waals surface area contributed by atoms with Crippen LogP contribution in [0.2, 0.25) is 0 Å².